The average Bonchev–Trinajstić information content (AvgIpc) is 2.14. The summed E-state index contributed by atoms with van der Waals surface area (Å²) in [4.78, 5) is 3.67. The van der Waals surface area contributed by atoms with Crippen LogP contribution in [0.3, 0.4) is 0 Å². The van der Waals surface area contributed by atoms with Crippen LogP contribution in [0.4, 0.5) is 4.39 Å². The van der Waals surface area contributed by atoms with Crippen molar-refractivity contribution >= 4 is 11.8 Å². The molecular formula is C9H12FNOS. The van der Waals surface area contributed by atoms with Crippen LogP contribution in [-0.2, 0) is 0 Å². The molecule has 1 atom stereocenters. The number of thioether (sulfide) groups is 1. The Kier molecular flexibility index (Phi) is 4.18. The van der Waals surface area contributed by atoms with Gasteiger partial charge in [-0.25, -0.2) is 4.39 Å². The average molecular weight is 201 g/mol. The summed E-state index contributed by atoms with van der Waals surface area (Å²) < 4.78 is 12.7. The summed E-state index contributed by atoms with van der Waals surface area (Å²) in [5.74, 6) is 0.457. The topological polar surface area (TPSA) is 33.1 Å². The predicted molar refractivity (Wildman–Crippen MR) is 52.2 cm³/mol. The number of hydrogen-bond acceptors (Lipinski definition) is 3. The van der Waals surface area contributed by atoms with Crippen molar-refractivity contribution in [1.29, 1.82) is 0 Å². The van der Waals surface area contributed by atoms with Crippen LogP contribution in [0, 0.1) is 5.82 Å². The highest BCUT2D eigenvalue weighted by molar-refractivity contribution is 7.98. The highest BCUT2D eigenvalue weighted by Gasteiger charge is 2.07. The molecule has 0 aliphatic carbocycles. The molecule has 1 N–H and O–H groups in total. The van der Waals surface area contributed by atoms with Gasteiger partial charge in [0.15, 0.2) is 0 Å². The Hall–Kier alpha value is -0.610. The minimum Gasteiger partial charge on any atom is -0.388 e. The van der Waals surface area contributed by atoms with E-state index in [1.165, 1.54) is 12.3 Å². The van der Waals surface area contributed by atoms with Crippen molar-refractivity contribution in [1.82, 2.24) is 4.98 Å². The van der Waals surface area contributed by atoms with Gasteiger partial charge in [-0.3, -0.25) is 4.98 Å². The lowest BCUT2D eigenvalue weighted by Gasteiger charge is -2.08. The molecule has 0 saturated heterocycles. The van der Waals surface area contributed by atoms with E-state index in [-0.39, 0.29) is 0 Å². The van der Waals surface area contributed by atoms with Crippen molar-refractivity contribution in [3.8, 4) is 0 Å². The zero-order valence-electron chi connectivity index (χ0n) is 7.40. The van der Waals surface area contributed by atoms with Gasteiger partial charge in [-0.1, -0.05) is 0 Å². The molecule has 1 rings (SSSR count). The van der Waals surface area contributed by atoms with Crippen LogP contribution in [0.5, 0.6) is 0 Å². The molecule has 2 nitrogen and oxygen atoms in total. The van der Waals surface area contributed by atoms with Crippen molar-refractivity contribution in [2.24, 2.45) is 0 Å². The van der Waals surface area contributed by atoms with Gasteiger partial charge in [-0.15, -0.1) is 0 Å². The van der Waals surface area contributed by atoms with Crippen LogP contribution in [0.15, 0.2) is 18.5 Å². The van der Waals surface area contributed by atoms with Crippen molar-refractivity contribution in [2.45, 2.75) is 12.5 Å². The summed E-state index contributed by atoms with van der Waals surface area (Å²) in [5, 5.41) is 9.56. The third-order valence-electron chi connectivity index (χ3n) is 1.71. The van der Waals surface area contributed by atoms with Crippen molar-refractivity contribution in [3.63, 3.8) is 0 Å². The Balaban J connectivity index is 2.60. The molecule has 1 aromatic heterocycles. The Morgan fingerprint density at radius 1 is 1.62 bits per heavy atom. The fourth-order valence-corrected chi connectivity index (χ4v) is 1.47. The second-order valence-corrected chi connectivity index (χ2v) is 3.72. The number of pyridine rings is 1. The molecule has 0 aliphatic heterocycles. The number of nitrogens with zero attached hydrogens (tertiary/aromatic N) is 1. The molecule has 0 saturated carbocycles. The predicted octanol–water partition coefficient (Wildman–Crippen LogP) is 2.01. The summed E-state index contributed by atoms with van der Waals surface area (Å²) in [6.45, 7) is 0. The van der Waals surface area contributed by atoms with Gasteiger partial charge in [0, 0.05) is 11.8 Å². The number of aromatic nitrogens is 1. The first-order valence-electron chi connectivity index (χ1n) is 4.01. The lowest BCUT2D eigenvalue weighted by molar-refractivity contribution is 0.174. The van der Waals surface area contributed by atoms with Crippen LogP contribution >= 0.6 is 11.8 Å². The van der Waals surface area contributed by atoms with Gasteiger partial charge < -0.3 is 5.11 Å². The minimum atomic E-state index is -0.601. The molecule has 1 aromatic rings. The molecule has 0 spiro atoms. The van der Waals surface area contributed by atoms with E-state index in [2.05, 4.69) is 4.98 Å². The van der Waals surface area contributed by atoms with Crippen LogP contribution < -0.4 is 0 Å². The largest absolute Gasteiger partial charge is 0.388 e. The van der Waals surface area contributed by atoms with Crippen LogP contribution in [0.1, 0.15) is 18.1 Å². The van der Waals surface area contributed by atoms with E-state index in [1.54, 1.807) is 11.8 Å². The SMILES string of the molecule is CSCCC(O)c1cncc(F)c1. The Morgan fingerprint density at radius 2 is 2.38 bits per heavy atom. The van der Waals surface area contributed by atoms with Crippen LogP contribution in [-0.4, -0.2) is 22.1 Å². The second-order valence-electron chi connectivity index (χ2n) is 2.73. The summed E-state index contributed by atoms with van der Waals surface area (Å²) in [6, 6.07) is 1.32. The molecule has 1 unspecified atom stereocenters. The lowest BCUT2D eigenvalue weighted by atomic mass is 10.1. The third-order valence-corrected chi connectivity index (χ3v) is 2.35. The number of aliphatic hydroxyl groups is 1. The van der Waals surface area contributed by atoms with Crippen molar-refractivity contribution < 1.29 is 9.50 Å². The fraction of sp³-hybridized carbons (Fsp3) is 0.444. The van der Waals surface area contributed by atoms with Gasteiger partial charge in [0.2, 0.25) is 0 Å². The van der Waals surface area contributed by atoms with Crippen LogP contribution in [0.25, 0.3) is 0 Å². The Labute approximate surface area is 81.2 Å². The number of halogens is 1. The molecule has 13 heavy (non-hydrogen) atoms. The molecule has 0 aromatic carbocycles. The van der Waals surface area contributed by atoms with E-state index in [9.17, 15) is 9.50 Å². The van der Waals surface area contributed by atoms with E-state index in [0.29, 0.717) is 12.0 Å². The molecule has 4 heteroatoms. The highest BCUT2D eigenvalue weighted by atomic mass is 32.2. The molecule has 72 valence electrons. The lowest BCUT2D eigenvalue weighted by Crippen LogP contribution is -2.00. The number of rotatable bonds is 4. The smallest absolute Gasteiger partial charge is 0.141 e. The first kappa shape index (κ1) is 10.5. The van der Waals surface area contributed by atoms with Gasteiger partial charge in [0.05, 0.1) is 12.3 Å². The first-order chi connectivity index (χ1) is 6.24. The zero-order valence-corrected chi connectivity index (χ0v) is 8.22. The monoisotopic (exact) mass is 201 g/mol. The molecule has 0 fully saturated rings. The molecule has 0 radical (unpaired) electrons. The standard InChI is InChI=1S/C9H12FNOS/c1-13-3-2-9(12)7-4-8(10)6-11-5-7/h4-6,9,12H,2-3H2,1H3. The Morgan fingerprint density at radius 3 is 3.00 bits per heavy atom. The number of hydrogen-bond donors (Lipinski definition) is 1. The number of aliphatic hydroxyl groups excluding tert-OH is 1. The molecule has 0 bridgehead atoms. The quantitative estimate of drug-likeness (QED) is 0.809. The van der Waals surface area contributed by atoms with Crippen molar-refractivity contribution in [2.75, 3.05) is 12.0 Å². The van der Waals surface area contributed by atoms with E-state index in [0.717, 1.165) is 11.9 Å². The van der Waals surface area contributed by atoms with E-state index in [1.807, 2.05) is 6.26 Å². The maximum atomic E-state index is 12.7. The molecule has 0 aliphatic rings. The first-order valence-corrected chi connectivity index (χ1v) is 5.41. The van der Waals surface area contributed by atoms with Crippen LogP contribution in [0.2, 0.25) is 0 Å². The normalized spacial score (nSPS) is 12.8. The van der Waals surface area contributed by atoms with E-state index in [4.69, 9.17) is 0 Å². The third kappa shape index (κ3) is 3.32. The molecular weight excluding hydrogens is 189 g/mol. The summed E-state index contributed by atoms with van der Waals surface area (Å²) in [5.41, 5.74) is 0.550. The van der Waals surface area contributed by atoms with Gasteiger partial charge in [-0.2, -0.15) is 11.8 Å². The van der Waals surface area contributed by atoms with Gasteiger partial charge >= 0.3 is 0 Å². The highest BCUT2D eigenvalue weighted by Crippen LogP contribution is 2.17. The van der Waals surface area contributed by atoms with E-state index < -0.39 is 11.9 Å². The zero-order chi connectivity index (χ0) is 9.68. The van der Waals surface area contributed by atoms with E-state index >= 15 is 0 Å². The second kappa shape index (κ2) is 5.19. The summed E-state index contributed by atoms with van der Waals surface area (Å²) in [6.07, 6.45) is 4.62. The maximum absolute atomic E-state index is 12.7. The van der Waals surface area contributed by atoms with Crippen molar-refractivity contribution in [3.05, 3.63) is 29.8 Å². The van der Waals surface area contributed by atoms with Gasteiger partial charge in [-0.05, 0) is 24.5 Å². The summed E-state index contributed by atoms with van der Waals surface area (Å²) >= 11 is 1.65. The van der Waals surface area contributed by atoms with Gasteiger partial charge in [0.1, 0.15) is 5.82 Å². The summed E-state index contributed by atoms with van der Waals surface area (Å²) in [7, 11) is 0. The van der Waals surface area contributed by atoms with Gasteiger partial charge in [0.25, 0.3) is 0 Å². The fourth-order valence-electron chi connectivity index (χ4n) is 1.01. The minimum absolute atomic E-state index is 0.402. The Bertz CT molecular complexity index is 270. The molecule has 1 heterocycles. The maximum Gasteiger partial charge on any atom is 0.141 e. The molecule has 0 amide bonds.